The summed E-state index contributed by atoms with van der Waals surface area (Å²) >= 11 is 3.61. The number of hydrogen-bond donors (Lipinski definition) is 0. The predicted octanol–water partition coefficient (Wildman–Crippen LogP) is 3.80. The normalized spacial score (nSPS) is 19.9. The van der Waals surface area contributed by atoms with Crippen molar-refractivity contribution in [3.8, 4) is 0 Å². The molecule has 13 heavy (non-hydrogen) atoms. The Hall–Kier alpha value is -0.560. The van der Waals surface area contributed by atoms with Crippen molar-refractivity contribution in [2.24, 2.45) is 5.92 Å². The molecule has 0 amide bonds. The molecular weight excluding hydrogens is 224 g/mol. The number of allylic oxidation sites excluding steroid dienone is 2. The lowest BCUT2D eigenvalue weighted by molar-refractivity contribution is 1.15. The van der Waals surface area contributed by atoms with Crippen LogP contribution in [0.1, 0.15) is 24.0 Å². The van der Waals surface area contributed by atoms with Crippen molar-refractivity contribution in [3.63, 3.8) is 0 Å². The first kappa shape index (κ1) is 7.81. The van der Waals surface area contributed by atoms with Crippen molar-refractivity contribution in [2.45, 2.75) is 19.3 Å². The first-order chi connectivity index (χ1) is 6.36. The molecule has 3 rings (SSSR count). The van der Waals surface area contributed by atoms with Crippen LogP contribution in [-0.2, 0) is 6.42 Å². The van der Waals surface area contributed by atoms with Gasteiger partial charge in [0.25, 0.3) is 0 Å². The number of hydrogen-bond acceptors (Lipinski definition) is 0. The zero-order valence-corrected chi connectivity index (χ0v) is 8.97. The van der Waals surface area contributed by atoms with Crippen LogP contribution < -0.4 is 0 Å². The quantitative estimate of drug-likeness (QED) is 0.694. The number of benzene rings is 1. The second-order valence-electron chi connectivity index (χ2n) is 3.90. The molecule has 0 nitrogen and oxygen atoms in total. The van der Waals surface area contributed by atoms with Crippen LogP contribution in [0.3, 0.4) is 0 Å². The Bertz CT molecular complexity index is 386. The van der Waals surface area contributed by atoms with Gasteiger partial charge in [0.05, 0.1) is 0 Å². The third-order valence-electron chi connectivity index (χ3n) is 2.97. The van der Waals surface area contributed by atoms with Gasteiger partial charge in [-0.25, -0.2) is 0 Å². The summed E-state index contributed by atoms with van der Waals surface area (Å²) in [5, 5.41) is 0. The molecule has 0 radical (unpaired) electrons. The Labute approximate surface area is 86.8 Å². The molecule has 0 unspecified atom stereocenters. The zero-order chi connectivity index (χ0) is 8.84. The van der Waals surface area contributed by atoms with Crippen LogP contribution in [0.4, 0.5) is 0 Å². The van der Waals surface area contributed by atoms with E-state index in [2.05, 4.69) is 40.2 Å². The van der Waals surface area contributed by atoms with Crippen molar-refractivity contribution >= 4 is 21.5 Å². The van der Waals surface area contributed by atoms with Crippen LogP contribution >= 0.6 is 15.9 Å². The second kappa shape index (κ2) is 2.71. The molecule has 0 heterocycles. The zero-order valence-electron chi connectivity index (χ0n) is 7.39. The van der Waals surface area contributed by atoms with Gasteiger partial charge in [-0.2, -0.15) is 0 Å². The molecule has 0 atom stereocenters. The molecule has 1 heteroatoms. The van der Waals surface area contributed by atoms with E-state index in [1.54, 1.807) is 5.57 Å². The standard InChI is InChI=1S/C12H11Br/c13-12-3-1-2-10-9(8-4-5-8)6-7-11(10)12/h1-3,6,8H,4-5,7H2. The molecule has 0 N–H and O–H groups in total. The van der Waals surface area contributed by atoms with E-state index in [4.69, 9.17) is 0 Å². The van der Waals surface area contributed by atoms with Crippen molar-refractivity contribution in [1.29, 1.82) is 0 Å². The third kappa shape index (κ3) is 1.18. The Morgan fingerprint density at radius 3 is 2.85 bits per heavy atom. The van der Waals surface area contributed by atoms with E-state index < -0.39 is 0 Å². The molecule has 0 aliphatic heterocycles. The summed E-state index contributed by atoms with van der Waals surface area (Å²) in [5.41, 5.74) is 4.59. The highest BCUT2D eigenvalue weighted by Crippen LogP contribution is 2.46. The van der Waals surface area contributed by atoms with Gasteiger partial charge < -0.3 is 0 Å². The van der Waals surface area contributed by atoms with Crippen LogP contribution in [0, 0.1) is 5.92 Å². The van der Waals surface area contributed by atoms with E-state index >= 15 is 0 Å². The molecule has 1 saturated carbocycles. The summed E-state index contributed by atoms with van der Waals surface area (Å²) in [5.74, 6) is 0.885. The Morgan fingerprint density at radius 1 is 1.23 bits per heavy atom. The molecular formula is C12H11Br. The van der Waals surface area contributed by atoms with Gasteiger partial charge in [-0.1, -0.05) is 34.1 Å². The minimum Gasteiger partial charge on any atom is -0.0760 e. The van der Waals surface area contributed by atoms with Gasteiger partial charge in [-0.05, 0) is 47.9 Å². The molecule has 66 valence electrons. The molecule has 1 aromatic carbocycles. The van der Waals surface area contributed by atoms with Crippen LogP contribution in [0.15, 0.2) is 28.7 Å². The molecule has 0 saturated heterocycles. The average Bonchev–Trinajstić information content (AvgIpc) is 2.87. The van der Waals surface area contributed by atoms with Crippen molar-refractivity contribution in [1.82, 2.24) is 0 Å². The highest BCUT2D eigenvalue weighted by molar-refractivity contribution is 9.10. The van der Waals surface area contributed by atoms with Crippen LogP contribution in [-0.4, -0.2) is 0 Å². The average molecular weight is 235 g/mol. The van der Waals surface area contributed by atoms with Gasteiger partial charge in [0.2, 0.25) is 0 Å². The molecule has 0 bridgehead atoms. The Balaban J connectivity index is 2.11. The SMILES string of the molecule is Brc1cccc2c1CC=C2C1CC1. The summed E-state index contributed by atoms with van der Waals surface area (Å²) in [6, 6.07) is 6.55. The maximum Gasteiger partial charge on any atom is 0.0216 e. The Kier molecular flexibility index (Phi) is 1.63. The van der Waals surface area contributed by atoms with Gasteiger partial charge in [0, 0.05) is 4.47 Å². The smallest absolute Gasteiger partial charge is 0.0216 e. The lowest BCUT2D eigenvalue weighted by Crippen LogP contribution is -1.86. The van der Waals surface area contributed by atoms with E-state index in [1.807, 2.05) is 0 Å². The van der Waals surface area contributed by atoms with E-state index in [1.165, 1.54) is 28.4 Å². The molecule has 1 fully saturated rings. The highest BCUT2D eigenvalue weighted by Gasteiger charge is 2.30. The van der Waals surface area contributed by atoms with Gasteiger partial charge in [0.15, 0.2) is 0 Å². The number of halogens is 1. The minimum atomic E-state index is 0.885. The lowest BCUT2D eigenvalue weighted by Gasteiger charge is -2.05. The lowest BCUT2D eigenvalue weighted by atomic mass is 10.0. The van der Waals surface area contributed by atoms with Crippen molar-refractivity contribution < 1.29 is 0 Å². The number of rotatable bonds is 1. The monoisotopic (exact) mass is 234 g/mol. The van der Waals surface area contributed by atoms with Crippen molar-refractivity contribution in [2.75, 3.05) is 0 Å². The molecule has 2 aliphatic rings. The van der Waals surface area contributed by atoms with E-state index in [0.29, 0.717) is 0 Å². The number of fused-ring (bicyclic) bond motifs is 1. The highest BCUT2D eigenvalue weighted by atomic mass is 79.9. The minimum absolute atomic E-state index is 0.885. The predicted molar refractivity (Wildman–Crippen MR) is 58.5 cm³/mol. The molecule has 1 aromatic rings. The fourth-order valence-electron chi connectivity index (χ4n) is 2.14. The van der Waals surface area contributed by atoms with Crippen LogP contribution in [0.2, 0.25) is 0 Å². The second-order valence-corrected chi connectivity index (χ2v) is 4.76. The maximum absolute atomic E-state index is 3.61. The van der Waals surface area contributed by atoms with Crippen molar-refractivity contribution in [3.05, 3.63) is 39.9 Å². The summed E-state index contributed by atoms with van der Waals surface area (Å²) in [6.07, 6.45) is 6.34. The maximum atomic E-state index is 3.61. The fraction of sp³-hybridized carbons (Fsp3) is 0.333. The first-order valence-electron chi connectivity index (χ1n) is 4.84. The van der Waals surface area contributed by atoms with Gasteiger partial charge in [-0.3, -0.25) is 0 Å². The van der Waals surface area contributed by atoms with Gasteiger partial charge in [-0.15, -0.1) is 0 Å². The van der Waals surface area contributed by atoms with E-state index in [0.717, 1.165) is 12.3 Å². The molecule has 0 spiro atoms. The van der Waals surface area contributed by atoms with E-state index in [9.17, 15) is 0 Å². The fourth-order valence-corrected chi connectivity index (χ4v) is 2.67. The van der Waals surface area contributed by atoms with E-state index in [-0.39, 0.29) is 0 Å². The van der Waals surface area contributed by atoms with Crippen LogP contribution in [0.25, 0.3) is 5.57 Å². The van der Waals surface area contributed by atoms with Gasteiger partial charge >= 0.3 is 0 Å². The van der Waals surface area contributed by atoms with Gasteiger partial charge in [0.1, 0.15) is 0 Å². The summed E-state index contributed by atoms with van der Waals surface area (Å²) in [4.78, 5) is 0. The molecule has 0 aromatic heterocycles. The molecule has 2 aliphatic carbocycles. The topological polar surface area (TPSA) is 0 Å². The summed E-state index contributed by atoms with van der Waals surface area (Å²) in [7, 11) is 0. The largest absolute Gasteiger partial charge is 0.0760 e. The summed E-state index contributed by atoms with van der Waals surface area (Å²) in [6.45, 7) is 0. The summed E-state index contributed by atoms with van der Waals surface area (Å²) < 4.78 is 1.27. The Morgan fingerprint density at radius 2 is 2.08 bits per heavy atom. The third-order valence-corrected chi connectivity index (χ3v) is 3.72. The van der Waals surface area contributed by atoms with Crippen LogP contribution in [0.5, 0.6) is 0 Å². The first-order valence-corrected chi connectivity index (χ1v) is 5.63.